The van der Waals surface area contributed by atoms with Crippen molar-refractivity contribution >= 4 is 0 Å². The van der Waals surface area contributed by atoms with Crippen molar-refractivity contribution in [2.24, 2.45) is 5.92 Å². The van der Waals surface area contributed by atoms with Crippen LogP contribution in [0.5, 0.6) is 0 Å². The minimum Gasteiger partial charge on any atom is -0.380 e. The zero-order valence-electron chi connectivity index (χ0n) is 10.3. The highest BCUT2D eigenvalue weighted by Crippen LogP contribution is 2.08. The predicted molar refractivity (Wildman–Crippen MR) is 62.6 cm³/mol. The zero-order valence-corrected chi connectivity index (χ0v) is 10.3. The first-order valence-electron chi connectivity index (χ1n) is 6.01. The highest BCUT2D eigenvalue weighted by Gasteiger charge is 2.05. The molecular weight excluding hydrogens is 174 g/mol. The van der Waals surface area contributed by atoms with Crippen LogP contribution in [0.2, 0.25) is 0 Å². The highest BCUT2D eigenvalue weighted by molar-refractivity contribution is 4.63. The Hall–Kier alpha value is -0.0800. The molecule has 0 fully saturated rings. The van der Waals surface area contributed by atoms with E-state index in [9.17, 15) is 0 Å². The Morgan fingerprint density at radius 3 is 2.43 bits per heavy atom. The molecule has 0 spiro atoms. The Balaban J connectivity index is 3.22. The van der Waals surface area contributed by atoms with E-state index in [1.807, 2.05) is 0 Å². The molecule has 0 heterocycles. The molecule has 0 amide bonds. The molecule has 2 nitrogen and oxygen atoms in total. The van der Waals surface area contributed by atoms with Crippen molar-refractivity contribution < 1.29 is 4.74 Å². The van der Waals surface area contributed by atoms with Crippen LogP contribution in [0.3, 0.4) is 0 Å². The molecule has 2 heteroatoms. The van der Waals surface area contributed by atoms with Gasteiger partial charge < -0.3 is 10.1 Å². The van der Waals surface area contributed by atoms with Gasteiger partial charge in [-0.15, -0.1) is 0 Å². The SMILES string of the molecule is CCCOCCNC(C)CC(C)CC. The summed E-state index contributed by atoms with van der Waals surface area (Å²) in [6.07, 6.45) is 3.66. The summed E-state index contributed by atoms with van der Waals surface area (Å²) in [7, 11) is 0. The van der Waals surface area contributed by atoms with E-state index in [4.69, 9.17) is 4.74 Å². The Kier molecular flexibility index (Phi) is 9.42. The van der Waals surface area contributed by atoms with Gasteiger partial charge in [-0.1, -0.05) is 27.2 Å². The van der Waals surface area contributed by atoms with Gasteiger partial charge in [-0.05, 0) is 25.7 Å². The lowest BCUT2D eigenvalue weighted by atomic mass is 10.0. The van der Waals surface area contributed by atoms with Crippen molar-refractivity contribution in [3.8, 4) is 0 Å². The Labute approximate surface area is 89.4 Å². The lowest BCUT2D eigenvalue weighted by Crippen LogP contribution is -2.30. The number of ether oxygens (including phenoxy) is 1. The summed E-state index contributed by atoms with van der Waals surface area (Å²) < 4.78 is 5.40. The van der Waals surface area contributed by atoms with Gasteiger partial charge in [0.1, 0.15) is 0 Å². The van der Waals surface area contributed by atoms with Crippen LogP contribution >= 0.6 is 0 Å². The monoisotopic (exact) mass is 201 g/mol. The lowest BCUT2D eigenvalue weighted by molar-refractivity contribution is 0.134. The summed E-state index contributed by atoms with van der Waals surface area (Å²) >= 11 is 0. The molecule has 0 aliphatic carbocycles. The first-order chi connectivity index (χ1) is 6.70. The van der Waals surface area contributed by atoms with Crippen LogP contribution in [0.4, 0.5) is 0 Å². The standard InChI is InChI=1S/C12H27NO/c1-5-8-14-9-7-13-12(4)10-11(3)6-2/h11-13H,5-10H2,1-4H3. The molecule has 0 aromatic carbocycles. The van der Waals surface area contributed by atoms with Crippen LogP contribution in [0.1, 0.15) is 47.0 Å². The molecule has 2 atom stereocenters. The molecule has 86 valence electrons. The van der Waals surface area contributed by atoms with Gasteiger partial charge in [0, 0.05) is 19.2 Å². The Morgan fingerprint density at radius 1 is 1.14 bits per heavy atom. The van der Waals surface area contributed by atoms with Gasteiger partial charge in [0.15, 0.2) is 0 Å². The van der Waals surface area contributed by atoms with Crippen LogP contribution in [-0.2, 0) is 4.74 Å². The second-order valence-corrected chi connectivity index (χ2v) is 4.22. The Bertz CT molecular complexity index is 117. The van der Waals surface area contributed by atoms with E-state index in [-0.39, 0.29) is 0 Å². The summed E-state index contributed by atoms with van der Waals surface area (Å²) in [5.74, 6) is 0.828. The minimum atomic E-state index is 0.621. The maximum absolute atomic E-state index is 5.40. The molecule has 0 radical (unpaired) electrons. The van der Waals surface area contributed by atoms with Crippen LogP contribution in [0.15, 0.2) is 0 Å². The third-order valence-electron chi connectivity index (χ3n) is 2.54. The Morgan fingerprint density at radius 2 is 1.86 bits per heavy atom. The average molecular weight is 201 g/mol. The van der Waals surface area contributed by atoms with Crippen molar-refractivity contribution in [2.45, 2.75) is 53.0 Å². The summed E-state index contributed by atoms with van der Waals surface area (Å²) in [6.45, 7) is 11.7. The fraction of sp³-hybridized carbons (Fsp3) is 1.00. The molecule has 0 aromatic heterocycles. The van der Waals surface area contributed by atoms with Crippen molar-refractivity contribution in [1.29, 1.82) is 0 Å². The number of hydrogen-bond acceptors (Lipinski definition) is 2. The average Bonchev–Trinajstić information content (AvgIpc) is 2.17. The van der Waals surface area contributed by atoms with Crippen LogP contribution in [0.25, 0.3) is 0 Å². The molecule has 0 aliphatic rings. The maximum atomic E-state index is 5.40. The molecule has 2 unspecified atom stereocenters. The van der Waals surface area contributed by atoms with Crippen molar-refractivity contribution in [3.63, 3.8) is 0 Å². The molecule has 0 saturated heterocycles. The molecule has 0 bridgehead atoms. The molecule has 0 saturated carbocycles. The van der Waals surface area contributed by atoms with Crippen LogP contribution in [0, 0.1) is 5.92 Å². The normalized spacial score (nSPS) is 15.4. The van der Waals surface area contributed by atoms with Gasteiger partial charge in [0.05, 0.1) is 6.61 Å². The number of hydrogen-bond donors (Lipinski definition) is 1. The molecular formula is C12H27NO. The fourth-order valence-electron chi connectivity index (χ4n) is 1.48. The van der Waals surface area contributed by atoms with Crippen molar-refractivity contribution in [1.82, 2.24) is 5.32 Å². The van der Waals surface area contributed by atoms with E-state index in [2.05, 4.69) is 33.0 Å². The van der Waals surface area contributed by atoms with Gasteiger partial charge in [-0.25, -0.2) is 0 Å². The van der Waals surface area contributed by atoms with E-state index in [0.717, 1.165) is 32.1 Å². The summed E-state index contributed by atoms with van der Waals surface area (Å²) in [4.78, 5) is 0. The number of rotatable bonds is 9. The molecule has 0 aromatic rings. The van der Waals surface area contributed by atoms with Gasteiger partial charge in [0.2, 0.25) is 0 Å². The van der Waals surface area contributed by atoms with Gasteiger partial charge >= 0.3 is 0 Å². The zero-order chi connectivity index (χ0) is 10.8. The third kappa shape index (κ3) is 8.52. The molecule has 1 N–H and O–H groups in total. The fourth-order valence-corrected chi connectivity index (χ4v) is 1.48. The number of nitrogens with one attached hydrogen (secondary N) is 1. The largest absolute Gasteiger partial charge is 0.380 e. The van der Waals surface area contributed by atoms with Crippen molar-refractivity contribution in [3.05, 3.63) is 0 Å². The topological polar surface area (TPSA) is 21.3 Å². The first-order valence-corrected chi connectivity index (χ1v) is 6.01. The van der Waals surface area contributed by atoms with E-state index in [0.29, 0.717) is 6.04 Å². The quantitative estimate of drug-likeness (QED) is 0.579. The summed E-state index contributed by atoms with van der Waals surface area (Å²) in [5.41, 5.74) is 0. The van der Waals surface area contributed by atoms with E-state index >= 15 is 0 Å². The summed E-state index contributed by atoms with van der Waals surface area (Å²) in [5, 5.41) is 3.48. The molecule has 14 heavy (non-hydrogen) atoms. The highest BCUT2D eigenvalue weighted by atomic mass is 16.5. The predicted octanol–water partition coefficient (Wildman–Crippen LogP) is 2.83. The first kappa shape index (κ1) is 13.9. The van der Waals surface area contributed by atoms with E-state index < -0.39 is 0 Å². The second kappa shape index (κ2) is 9.47. The second-order valence-electron chi connectivity index (χ2n) is 4.22. The van der Waals surface area contributed by atoms with Crippen LogP contribution < -0.4 is 5.32 Å². The molecule has 0 aliphatic heterocycles. The minimum absolute atomic E-state index is 0.621. The van der Waals surface area contributed by atoms with Gasteiger partial charge in [-0.2, -0.15) is 0 Å². The summed E-state index contributed by atoms with van der Waals surface area (Å²) in [6, 6.07) is 0.621. The molecule has 0 rings (SSSR count). The smallest absolute Gasteiger partial charge is 0.0590 e. The lowest BCUT2D eigenvalue weighted by Gasteiger charge is -2.17. The maximum Gasteiger partial charge on any atom is 0.0590 e. The van der Waals surface area contributed by atoms with Crippen LogP contribution in [-0.4, -0.2) is 25.8 Å². The van der Waals surface area contributed by atoms with E-state index in [1.54, 1.807) is 0 Å². The third-order valence-corrected chi connectivity index (χ3v) is 2.54. The van der Waals surface area contributed by atoms with Crippen molar-refractivity contribution in [2.75, 3.05) is 19.8 Å². The van der Waals surface area contributed by atoms with Gasteiger partial charge in [0.25, 0.3) is 0 Å². The van der Waals surface area contributed by atoms with E-state index in [1.165, 1.54) is 12.8 Å². The van der Waals surface area contributed by atoms with Gasteiger partial charge in [-0.3, -0.25) is 0 Å².